The molecular weight excluding hydrogens is 283 g/mol. The smallest absolute Gasteiger partial charge is 0.138 e. The molecule has 0 unspecified atom stereocenters. The molecule has 2 N–H and O–H groups in total. The van der Waals surface area contributed by atoms with Gasteiger partial charge in [0.2, 0.25) is 0 Å². The molecular formula is C13H14BrFN2. The van der Waals surface area contributed by atoms with Crippen LogP contribution in [0.5, 0.6) is 0 Å². The van der Waals surface area contributed by atoms with E-state index in [1.165, 1.54) is 6.07 Å². The summed E-state index contributed by atoms with van der Waals surface area (Å²) in [5.41, 5.74) is 9.11. The molecule has 2 rings (SSSR count). The maximum atomic E-state index is 13.6. The first-order valence-electron chi connectivity index (χ1n) is 5.58. The number of aromatic nitrogens is 1. The van der Waals surface area contributed by atoms with Crippen LogP contribution in [0.3, 0.4) is 0 Å². The second-order valence-electron chi connectivity index (χ2n) is 4.17. The van der Waals surface area contributed by atoms with Crippen molar-refractivity contribution in [1.82, 2.24) is 4.98 Å². The highest BCUT2D eigenvalue weighted by molar-refractivity contribution is 9.10. The number of fused-ring (bicyclic) bond motifs is 1. The number of hydrogen-bond donors (Lipinski definition) is 1. The van der Waals surface area contributed by atoms with E-state index in [0.29, 0.717) is 15.5 Å². The minimum Gasteiger partial charge on any atom is -0.398 e. The first kappa shape index (κ1) is 12.3. The third-order valence-corrected chi connectivity index (χ3v) is 3.53. The van der Waals surface area contributed by atoms with Gasteiger partial charge >= 0.3 is 0 Å². The van der Waals surface area contributed by atoms with Gasteiger partial charge in [-0.15, -0.1) is 0 Å². The lowest BCUT2D eigenvalue weighted by molar-refractivity contribution is 0.622. The van der Waals surface area contributed by atoms with Crippen molar-refractivity contribution in [2.75, 3.05) is 5.73 Å². The number of pyridine rings is 1. The van der Waals surface area contributed by atoms with Crippen molar-refractivity contribution in [3.63, 3.8) is 0 Å². The summed E-state index contributed by atoms with van der Waals surface area (Å²) in [4.78, 5) is 4.55. The minimum atomic E-state index is -0.299. The molecule has 0 amide bonds. The van der Waals surface area contributed by atoms with Crippen LogP contribution in [-0.2, 0) is 6.42 Å². The lowest BCUT2D eigenvalue weighted by Gasteiger charge is -2.10. The van der Waals surface area contributed by atoms with Crippen LogP contribution in [0.2, 0.25) is 0 Å². The van der Waals surface area contributed by atoms with E-state index in [4.69, 9.17) is 5.73 Å². The molecule has 0 spiro atoms. The number of nitrogens with zero attached hydrogens (tertiary/aromatic N) is 1. The van der Waals surface area contributed by atoms with Crippen molar-refractivity contribution < 1.29 is 4.39 Å². The van der Waals surface area contributed by atoms with Crippen molar-refractivity contribution in [2.24, 2.45) is 0 Å². The molecule has 90 valence electrons. The Morgan fingerprint density at radius 2 is 2.12 bits per heavy atom. The molecule has 1 aromatic heterocycles. The molecule has 0 aliphatic rings. The lowest BCUT2D eigenvalue weighted by Crippen LogP contribution is -1.99. The van der Waals surface area contributed by atoms with Crippen molar-refractivity contribution in [3.05, 3.63) is 33.7 Å². The third kappa shape index (κ3) is 2.14. The van der Waals surface area contributed by atoms with E-state index in [1.54, 1.807) is 0 Å². The predicted octanol–water partition coefficient (Wildman–Crippen LogP) is 3.98. The topological polar surface area (TPSA) is 38.9 Å². The van der Waals surface area contributed by atoms with Gasteiger partial charge in [-0.2, -0.15) is 0 Å². The van der Waals surface area contributed by atoms with Crippen LogP contribution in [0, 0.1) is 12.7 Å². The van der Waals surface area contributed by atoms with Crippen LogP contribution in [0.15, 0.2) is 16.6 Å². The summed E-state index contributed by atoms with van der Waals surface area (Å²) in [7, 11) is 0. The van der Waals surface area contributed by atoms with Crippen molar-refractivity contribution in [1.29, 1.82) is 0 Å². The van der Waals surface area contributed by atoms with Gasteiger partial charge in [0, 0.05) is 16.8 Å². The normalized spacial score (nSPS) is 11.1. The fourth-order valence-corrected chi connectivity index (χ4v) is 2.49. The molecule has 4 heteroatoms. The number of hydrogen-bond acceptors (Lipinski definition) is 2. The molecule has 0 bridgehead atoms. The number of halogens is 2. The summed E-state index contributed by atoms with van der Waals surface area (Å²) in [5, 5.41) is 0.669. The fourth-order valence-electron chi connectivity index (χ4n) is 1.96. The van der Waals surface area contributed by atoms with E-state index >= 15 is 0 Å². The first-order chi connectivity index (χ1) is 8.04. The van der Waals surface area contributed by atoms with E-state index in [1.807, 2.05) is 13.0 Å². The van der Waals surface area contributed by atoms with Gasteiger partial charge in [-0.3, -0.25) is 4.98 Å². The van der Waals surface area contributed by atoms with Crippen LogP contribution in [-0.4, -0.2) is 4.98 Å². The highest BCUT2D eigenvalue weighted by Gasteiger charge is 2.13. The molecule has 0 aliphatic carbocycles. The molecule has 17 heavy (non-hydrogen) atoms. The van der Waals surface area contributed by atoms with E-state index < -0.39 is 0 Å². The Kier molecular flexibility index (Phi) is 3.33. The summed E-state index contributed by atoms with van der Waals surface area (Å²) in [6, 6.07) is 3.31. The largest absolute Gasteiger partial charge is 0.398 e. The Balaban J connectivity index is 2.81. The van der Waals surface area contributed by atoms with E-state index in [2.05, 4.69) is 27.8 Å². The molecule has 1 aromatic carbocycles. The molecule has 0 saturated heterocycles. The van der Waals surface area contributed by atoms with Crippen LogP contribution in [0.4, 0.5) is 10.1 Å². The average molecular weight is 297 g/mol. The Hall–Kier alpha value is -1.16. The highest BCUT2D eigenvalue weighted by Crippen LogP contribution is 2.33. The van der Waals surface area contributed by atoms with Gasteiger partial charge in [0.15, 0.2) is 0 Å². The van der Waals surface area contributed by atoms with Crippen molar-refractivity contribution >= 4 is 32.5 Å². The monoisotopic (exact) mass is 296 g/mol. The predicted molar refractivity (Wildman–Crippen MR) is 72.5 cm³/mol. The average Bonchev–Trinajstić information content (AvgIpc) is 2.26. The second-order valence-corrected chi connectivity index (χ2v) is 4.96. The van der Waals surface area contributed by atoms with Crippen LogP contribution >= 0.6 is 15.9 Å². The van der Waals surface area contributed by atoms with Crippen molar-refractivity contribution in [3.8, 4) is 0 Å². The number of aryl methyl sites for hydroxylation is 2. The quantitative estimate of drug-likeness (QED) is 0.910. The number of benzene rings is 1. The van der Waals surface area contributed by atoms with Gasteiger partial charge in [0.25, 0.3) is 0 Å². The second kappa shape index (κ2) is 4.61. The summed E-state index contributed by atoms with van der Waals surface area (Å²) >= 11 is 3.23. The Bertz CT molecular complexity index is 581. The van der Waals surface area contributed by atoms with Gasteiger partial charge in [-0.1, -0.05) is 13.3 Å². The third-order valence-electron chi connectivity index (χ3n) is 2.76. The zero-order chi connectivity index (χ0) is 12.6. The minimum absolute atomic E-state index is 0.299. The molecule has 0 aliphatic heterocycles. The zero-order valence-corrected chi connectivity index (χ0v) is 11.4. The number of nitrogen functional groups attached to an aromatic ring is 1. The Morgan fingerprint density at radius 3 is 2.76 bits per heavy atom. The summed E-state index contributed by atoms with van der Waals surface area (Å²) in [6.07, 6.45) is 1.90. The van der Waals surface area contributed by atoms with Crippen molar-refractivity contribution in [2.45, 2.75) is 26.7 Å². The molecule has 0 radical (unpaired) electrons. The van der Waals surface area contributed by atoms with E-state index in [-0.39, 0.29) is 5.82 Å². The number of anilines is 1. The lowest BCUT2D eigenvalue weighted by atomic mass is 10.1. The SMILES string of the molecule is CCCc1cc(N)c2c(Br)c(F)cc(C)c2n1. The molecule has 2 nitrogen and oxygen atoms in total. The molecule has 2 aromatic rings. The Labute approximate surface area is 108 Å². The zero-order valence-electron chi connectivity index (χ0n) is 9.85. The maximum absolute atomic E-state index is 13.6. The molecule has 1 heterocycles. The number of rotatable bonds is 2. The maximum Gasteiger partial charge on any atom is 0.138 e. The standard InChI is InChI=1S/C13H14BrFN2/c1-3-4-8-6-10(16)11-12(14)9(15)5-7(2)13(11)17-8/h5-6H,3-4H2,1-2H3,(H2,16,17). The van der Waals surface area contributed by atoms with E-state index in [0.717, 1.165) is 29.6 Å². The van der Waals surface area contributed by atoms with Gasteiger partial charge < -0.3 is 5.73 Å². The van der Waals surface area contributed by atoms with Gasteiger partial charge in [-0.05, 0) is 47.0 Å². The summed E-state index contributed by atoms with van der Waals surface area (Å²) in [6.45, 7) is 3.94. The number of nitrogens with two attached hydrogens (primary N) is 1. The Morgan fingerprint density at radius 1 is 1.41 bits per heavy atom. The highest BCUT2D eigenvalue weighted by atomic mass is 79.9. The van der Waals surface area contributed by atoms with Crippen LogP contribution in [0.25, 0.3) is 10.9 Å². The van der Waals surface area contributed by atoms with E-state index in [9.17, 15) is 4.39 Å². The van der Waals surface area contributed by atoms with Gasteiger partial charge in [0.05, 0.1) is 9.99 Å². The van der Waals surface area contributed by atoms with Crippen LogP contribution in [0.1, 0.15) is 24.6 Å². The van der Waals surface area contributed by atoms with Gasteiger partial charge in [0.1, 0.15) is 5.82 Å². The summed E-state index contributed by atoms with van der Waals surface area (Å²) in [5.74, 6) is -0.299. The van der Waals surface area contributed by atoms with Gasteiger partial charge in [-0.25, -0.2) is 4.39 Å². The van der Waals surface area contributed by atoms with Crippen LogP contribution < -0.4 is 5.73 Å². The molecule has 0 fully saturated rings. The fraction of sp³-hybridized carbons (Fsp3) is 0.308. The molecule has 0 saturated carbocycles. The molecule has 0 atom stereocenters. The summed E-state index contributed by atoms with van der Waals surface area (Å²) < 4.78 is 14.0. The first-order valence-corrected chi connectivity index (χ1v) is 6.37.